The fraction of sp³-hybridized carbons (Fsp3) is 0.143. The van der Waals surface area contributed by atoms with Crippen molar-refractivity contribution in [3.05, 3.63) is 24.3 Å². The van der Waals surface area contributed by atoms with Gasteiger partial charge in [0.15, 0.2) is 9.84 Å². The monoisotopic (exact) mass is 236 g/mol. The van der Waals surface area contributed by atoms with E-state index in [4.69, 9.17) is 4.55 Å². The molecular weight excluding hydrogens is 228 g/mol. The largest absolute Gasteiger partial charge is 0.294 e. The van der Waals surface area contributed by atoms with E-state index >= 15 is 0 Å². The first-order valence-electron chi connectivity index (χ1n) is 3.49. The van der Waals surface area contributed by atoms with Crippen LogP contribution >= 0.6 is 0 Å². The summed E-state index contributed by atoms with van der Waals surface area (Å²) in [7, 11) is -7.60. The van der Waals surface area contributed by atoms with Crippen molar-refractivity contribution in [3.8, 4) is 0 Å². The molecule has 0 aliphatic carbocycles. The van der Waals surface area contributed by atoms with Gasteiger partial charge >= 0.3 is 0 Å². The number of hydrogen-bond donors (Lipinski definition) is 1. The summed E-state index contributed by atoms with van der Waals surface area (Å²) in [6.45, 7) is 0. The van der Waals surface area contributed by atoms with E-state index in [1.807, 2.05) is 0 Å². The highest BCUT2D eigenvalue weighted by Crippen LogP contribution is 2.13. The molecule has 0 spiro atoms. The van der Waals surface area contributed by atoms with Gasteiger partial charge in [0.1, 0.15) is 0 Å². The zero-order valence-electron chi connectivity index (χ0n) is 7.21. The number of sulfone groups is 1. The third-order valence-electron chi connectivity index (χ3n) is 1.55. The van der Waals surface area contributed by atoms with E-state index < -0.39 is 20.0 Å². The van der Waals surface area contributed by atoms with Crippen LogP contribution in [0.15, 0.2) is 34.1 Å². The lowest BCUT2D eigenvalue weighted by Gasteiger charge is -1.99. The van der Waals surface area contributed by atoms with Crippen LogP contribution in [0.5, 0.6) is 0 Å². The van der Waals surface area contributed by atoms with Crippen molar-refractivity contribution in [3.63, 3.8) is 0 Å². The van der Waals surface area contributed by atoms with Crippen LogP contribution in [-0.4, -0.2) is 27.6 Å². The normalized spacial score (nSPS) is 12.7. The first-order chi connectivity index (χ1) is 6.21. The van der Waals surface area contributed by atoms with Gasteiger partial charge in [-0.15, -0.1) is 0 Å². The SMILES string of the molecule is CS(=O)(=O)c1ccc(S(=O)(=O)O)cc1. The molecule has 0 amide bonds. The minimum atomic E-state index is -4.26. The molecule has 1 N–H and O–H groups in total. The molecule has 0 atom stereocenters. The van der Waals surface area contributed by atoms with E-state index in [1.54, 1.807) is 0 Å². The van der Waals surface area contributed by atoms with E-state index in [0.717, 1.165) is 30.5 Å². The third-order valence-corrected chi connectivity index (χ3v) is 3.55. The Morgan fingerprint density at radius 1 is 0.929 bits per heavy atom. The highest BCUT2D eigenvalue weighted by molar-refractivity contribution is 7.90. The molecule has 0 saturated carbocycles. The van der Waals surface area contributed by atoms with Crippen LogP contribution in [0.2, 0.25) is 0 Å². The summed E-state index contributed by atoms with van der Waals surface area (Å²) >= 11 is 0. The van der Waals surface area contributed by atoms with E-state index in [1.165, 1.54) is 0 Å². The molecule has 7 heteroatoms. The highest BCUT2D eigenvalue weighted by atomic mass is 32.2. The molecule has 1 rings (SSSR count). The predicted octanol–water partition coefficient (Wildman–Crippen LogP) is 0.337. The first kappa shape index (κ1) is 11.2. The number of rotatable bonds is 2. The van der Waals surface area contributed by atoms with Crippen molar-refractivity contribution in [1.29, 1.82) is 0 Å². The van der Waals surface area contributed by atoms with Gasteiger partial charge in [0.25, 0.3) is 10.1 Å². The topological polar surface area (TPSA) is 88.5 Å². The zero-order chi connectivity index (χ0) is 11.0. The summed E-state index contributed by atoms with van der Waals surface area (Å²) < 4.78 is 51.8. The van der Waals surface area contributed by atoms with Gasteiger partial charge < -0.3 is 0 Å². The van der Waals surface area contributed by atoms with Gasteiger partial charge in [0.05, 0.1) is 9.79 Å². The Hall–Kier alpha value is -0.920. The zero-order valence-corrected chi connectivity index (χ0v) is 8.84. The summed E-state index contributed by atoms with van der Waals surface area (Å²) in [6, 6.07) is 4.31. The van der Waals surface area contributed by atoms with Crippen LogP contribution in [0.1, 0.15) is 0 Å². The second kappa shape index (κ2) is 3.34. The molecule has 0 heterocycles. The van der Waals surface area contributed by atoms with Gasteiger partial charge in [-0.3, -0.25) is 4.55 Å². The van der Waals surface area contributed by atoms with Crippen molar-refractivity contribution in [2.45, 2.75) is 9.79 Å². The summed E-state index contributed by atoms with van der Waals surface area (Å²) in [5.41, 5.74) is 0. The molecule has 1 aromatic rings. The summed E-state index contributed by atoms with van der Waals surface area (Å²) in [4.78, 5) is -0.324. The Balaban J connectivity index is 3.28. The van der Waals surface area contributed by atoms with E-state index in [9.17, 15) is 16.8 Å². The molecule has 1 aromatic carbocycles. The maximum absolute atomic E-state index is 11.0. The molecule has 0 aliphatic rings. The molecule has 78 valence electrons. The van der Waals surface area contributed by atoms with E-state index in [0.29, 0.717) is 0 Å². The molecule has 0 aromatic heterocycles. The van der Waals surface area contributed by atoms with E-state index in [2.05, 4.69) is 0 Å². The summed E-state index contributed by atoms with van der Waals surface area (Å²) in [6.07, 6.45) is 1.01. The fourth-order valence-corrected chi connectivity index (χ4v) is 1.97. The smallest absolute Gasteiger partial charge is 0.282 e. The predicted molar refractivity (Wildman–Crippen MR) is 49.4 cm³/mol. The van der Waals surface area contributed by atoms with Crippen molar-refractivity contribution in [2.24, 2.45) is 0 Å². The quantitative estimate of drug-likeness (QED) is 0.748. The Morgan fingerprint density at radius 3 is 1.57 bits per heavy atom. The minimum Gasteiger partial charge on any atom is -0.282 e. The van der Waals surface area contributed by atoms with Crippen LogP contribution in [0, 0.1) is 0 Å². The lowest BCUT2D eigenvalue weighted by Crippen LogP contribution is -2.00. The minimum absolute atomic E-state index is 0.00454. The van der Waals surface area contributed by atoms with Crippen LogP contribution in [0.3, 0.4) is 0 Å². The Labute approximate surface area is 82.1 Å². The maximum Gasteiger partial charge on any atom is 0.294 e. The van der Waals surface area contributed by atoms with Crippen LogP contribution in [-0.2, 0) is 20.0 Å². The summed E-state index contributed by atoms with van der Waals surface area (Å²) in [5.74, 6) is 0. The van der Waals surface area contributed by atoms with Gasteiger partial charge in [-0.05, 0) is 24.3 Å². The molecule has 0 aliphatic heterocycles. The van der Waals surface area contributed by atoms with Gasteiger partial charge in [-0.2, -0.15) is 8.42 Å². The molecule has 0 unspecified atom stereocenters. The molecule has 14 heavy (non-hydrogen) atoms. The highest BCUT2D eigenvalue weighted by Gasteiger charge is 2.11. The van der Waals surface area contributed by atoms with Crippen LogP contribution < -0.4 is 0 Å². The molecular formula is C7H8O5S2. The van der Waals surface area contributed by atoms with Crippen molar-refractivity contribution >= 4 is 20.0 Å². The summed E-state index contributed by atoms with van der Waals surface area (Å²) in [5, 5.41) is 0. The molecule has 0 radical (unpaired) electrons. The molecule has 0 saturated heterocycles. The van der Waals surface area contributed by atoms with E-state index in [-0.39, 0.29) is 9.79 Å². The van der Waals surface area contributed by atoms with Crippen LogP contribution in [0.4, 0.5) is 0 Å². The average Bonchev–Trinajstić information content (AvgIpc) is 2.01. The second-order valence-corrected chi connectivity index (χ2v) is 6.16. The Kier molecular flexibility index (Phi) is 2.66. The Bertz CT molecular complexity index is 473. The van der Waals surface area contributed by atoms with Crippen molar-refractivity contribution in [2.75, 3.05) is 6.26 Å². The number of hydrogen-bond acceptors (Lipinski definition) is 4. The lowest BCUT2D eigenvalue weighted by molar-refractivity contribution is 0.483. The third kappa shape index (κ3) is 2.53. The second-order valence-electron chi connectivity index (χ2n) is 2.72. The number of benzene rings is 1. The Morgan fingerprint density at radius 2 is 1.29 bits per heavy atom. The maximum atomic E-state index is 11.0. The van der Waals surface area contributed by atoms with Crippen molar-refractivity contribution < 1.29 is 21.4 Å². The van der Waals surface area contributed by atoms with Gasteiger partial charge in [0.2, 0.25) is 0 Å². The molecule has 5 nitrogen and oxygen atoms in total. The molecule has 0 fully saturated rings. The first-order valence-corrected chi connectivity index (χ1v) is 6.82. The average molecular weight is 236 g/mol. The lowest BCUT2D eigenvalue weighted by atomic mass is 10.4. The standard InChI is InChI=1S/C7H8O5S2/c1-13(8,9)6-2-4-7(5-3-6)14(10,11)12/h2-5H,1H3,(H,10,11,12). The van der Waals surface area contributed by atoms with Gasteiger partial charge in [-0.1, -0.05) is 0 Å². The van der Waals surface area contributed by atoms with Gasteiger partial charge in [-0.25, -0.2) is 8.42 Å². The van der Waals surface area contributed by atoms with Crippen LogP contribution in [0.25, 0.3) is 0 Å². The van der Waals surface area contributed by atoms with Gasteiger partial charge in [0, 0.05) is 6.26 Å². The fourth-order valence-electron chi connectivity index (χ4n) is 0.859. The van der Waals surface area contributed by atoms with Crippen molar-refractivity contribution in [1.82, 2.24) is 0 Å². The molecule has 0 bridgehead atoms.